The summed E-state index contributed by atoms with van der Waals surface area (Å²) >= 11 is 0. The number of likely N-dealkylation sites (tertiary alicyclic amines) is 1. The van der Waals surface area contributed by atoms with Crippen LogP contribution in [0.2, 0.25) is 0 Å². The van der Waals surface area contributed by atoms with Crippen molar-refractivity contribution >= 4 is 40.0 Å². The average Bonchev–Trinajstić information content (AvgIpc) is 2.56. The van der Waals surface area contributed by atoms with Crippen LogP contribution in [0.25, 0.3) is 0 Å². The van der Waals surface area contributed by atoms with E-state index in [9.17, 15) is 8.42 Å². The molecule has 1 aromatic rings. The van der Waals surface area contributed by atoms with E-state index in [-0.39, 0.29) is 35.8 Å². The third-order valence-electron chi connectivity index (χ3n) is 4.61. The first-order valence-corrected chi connectivity index (χ1v) is 11.0. The minimum atomic E-state index is -3.35. The number of hydrogen-bond donors (Lipinski definition) is 2. The first-order chi connectivity index (χ1) is 12.3. The lowest BCUT2D eigenvalue weighted by Gasteiger charge is -2.33. The molecule has 2 N–H and O–H groups in total. The predicted octanol–water partition coefficient (Wildman–Crippen LogP) is 2.94. The van der Waals surface area contributed by atoms with E-state index in [1.807, 2.05) is 38.1 Å². The van der Waals surface area contributed by atoms with Crippen LogP contribution in [0.1, 0.15) is 44.7 Å². The maximum atomic E-state index is 12.3. The van der Waals surface area contributed by atoms with Crippen molar-refractivity contribution in [2.75, 3.05) is 20.1 Å². The number of sulfonamides is 1. The number of aliphatic imine (C=N–C) groups is 1. The van der Waals surface area contributed by atoms with Crippen molar-refractivity contribution in [1.29, 1.82) is 0 Å². The van der Waals surface area contributed by atoms with E-state index in [0.29, 0.717) is 6.54 Å². The molecule has 1 aliphatic rings. The molecule has 1 saturated heterocycles. The summed E-state index contributed by atoms with van der Waals surface area (Å²) in [5.74, 6) is 1.64. The van der Waals surface area contributed by atoms with Gasteiger partial charge in [-0.2, -0.15) is 0 Å². The Balaban J connectivity index is 0.00000364. The second-order valence-corrected chi connectivity index (χ2v) is 9.12. The van der Waals surface area contributed by atoms with Crippen molar-refractivity contribution in [2.24, 2.45) is 10.9 Å². The fourth-order valence-corrected chi connectivity index (χ4v) is 4.70. The van der Waals surface area contributed by atoms with Gasteiger partial charge in [0.15, 0.2) is 5.96 Å². The lowest BCUT2D eigenvalue weighted by atomic mass is 9.99. The summed E-state index contributed by atoms with van der Waals surface area (Å²) in [6, 6.07) is 7.56. The Kier molecular flexibility index (Phi) is 10.0. The summed E-state index contributed by atoms with van der Waals surface area (Å²) in [5.41, 5.74) is 1.80. The van der Waals surface area contributed by atoms with E-state index in [1.54, 1.807) is 7.05 Å². The molecule has 0 atom stereocenters. The number of hydrogen-bond acceptors (Lipinski definition) is 3. The number of nitrogens with one attached hydrogen (secondary N) is 2. The molecule has 0 radical (unpaired) electrons. The van der Waals surface area contributed by atoms with Gasteiger partial charge in [-0.15, -0.1) is 24.0 Å². The summed E-state index contributed by atoms with van der Waals surface area (Å²) in [6.07, 6.45) is 2.35. The highest BCUT2D eigenvalue weighted by molar-refractivity contribution is 14.0. The number of nitrogens with zero attached hydrogens (tertiary/aromatic N) is 2. The Morgan fingerprint density at radius 2 is 1.81 bits per heavy atom. The lowest BCUT2D eigenvalue weighted by molar-refractivity contribution is 0.273. The number of halogens is 1. The van der Waals surface area contributed by atoms with Crippen molar-refractivity contribution in [3.8, 4) is 0 Å². The average molecular weight is 508 g/mol. The van der Waals surface area contributed by atoms with Crippen LogP contribution in [0, 0.1) is 5.92 Å². The second kappa shape index (κ2) is 11.2. The molecule has 0 amide bonds. The SMILES string of the molecule is CN=C(NCc1ccccc1CS(=O)(=O)NC(C)C)N1CCC(C)CC1.I. The Morgan fingerprint density at radius 3 is 2.37 bits per heavy atom. The van der Waals surface area contributed by atoms with E-state index in [4.69, 9.17) is 0 Å². The van der Waals surface area contributed by atoms with Crippen LogP contribution >= 0.6 is 24.0 Å². The van der Waals surface area contributed by atoms with Crippen LogP contribution in [0.4, 0.5) is 0 Å². The molecule has 0 unspecified atom stereocenters. The molecule has 2 rings (SSSR count). The summed E-state index contributed by atoms with van der Waals surface area (Å²) in [6.45, 7) is 8.52. The summed E-state index contributed by atoms with van der Waals surface area (Å²) in [5, 5.41) is 3.40. The van der Waals surface area contributed by atoms with Crippen molar-refractivity contribution in [3.63, 3.8) is 0 Å². The van der Waals surface area contributed by atoms with E-state index < -0.39 is 10.0 Å². The summed E-state index contributed by atoms with van der Waals surface area (Å²) in [4.78, 5) is 6.67. The topological polar surface area (TPSA) is 73.8 Å². The van der Waals surface area contributed by atoms with E-state index in [1.165, 1.54) is 12.8 Å². The first-order valence-electron chi connectivity index (χ1n) is 9.33. The zero-order chi connectivity index (χ0) is 19.2. The molecule has 1 aliphatic heterocycles. The molecule has 27 heavy (non-hydrogen) atoms. The summed E-state index contributed by atoms with van der Waals surface area (Å²) in [7, 11) is -1.55. The molecular formula is C19H33IN4O2S. The smallest absolute Gasteiger partial charge is 0.216 e. The Morgan fingerprint density at radius 1 is 1.22 bits per heavy atom. The van der Waals surface area contributed by atoms with Gasteiger partial charge in [0.25, 0.3) is 0 Å². The lowest BCUT2D eigenvalue weighted by Crippen LogP contribution is -2.45. The molecule has 0 aliphatic carbocycles. The van der Waals surface area contributed by atoms with Crippen LogP contribution in [-0.2, 0) is 22.3 Å². The molecule has 8 heteroatoms. The van der Waals surface area contributed by atoms with Gasteiger partial charge in [0, 0.05) is 32.7 Å². The zero-order valence-corrected chi connectivity index (χ0v) is 19.9. The van der Waals surface area contributed by atoms with Gasteiger partial charge in [0.1, 0.15) is 0 Å². The van der Waals surface area contributed by atoms with Crippen LogP contribution in [0.3, 0.4) is 0 Å². The minimum Gasteiger partial charge on any atom is -0.352 e. The fourth-order valence-electron chi connectivity index (χ4n) is 3.20. The van der Waals surface area contributed by atoms with E-state index in [0.717, 1.165) is 36.1 Å². The van der Waals surface area contributed by atoms with Gasteiger partial charge >= 0.3 is 0 Å². The van der Waals surface area contributed by atoms with E-state index >= 15 is 0 Å². The van der Waals surface area contributed by atoms with Crippen LogP contribution < -0.4 is 10.0 Å². The third kappa shape index (κ3) is 7.95. The normalized spacial score (nSPS) is 16.3. The molecule has 1 aromatic carbocycles. The van der Waals surface area contributed by atoms with Gasteiger partial charge in [0.2, 0.25) is 10.0 Å². The molecule has 1 fully saturated rings. The second-order valence-electron chi connectivity index (χ2n) is 7.37. The van der Waals surface area contributed by atoms with Crippen LogP contribution in [-0.4, -0.2) is 45.5 Å². The summed E-state index contributed by atoms with van der Waals surface area (Å²) < 4.78 is 27.2. The van der Waals surface area contributed by atoms with Crippen LogP contribution in [0.15, 0.2) is 29.3 Å². The molecule has 154 valence electrons. The maximum Gasteiger partial charge on any atom is 0.216 e. The highest BCUT2D eigenvalue weighted by atomic mass is 127. The quantitative estimate of drug-likeness (QED) is 0.352. The highest BCUT2D eigenvalue weighted by Crippen LogP contribution is 2.17. The minimum absolute atomic E-state index is 0. The number of rotatable bonds is 6. The standard InChI is InChI=1S/C19H32N4O2S.HI/c1-15(2)22-26(24,25)14-18-8-6-5-7-17(18)13-21-19(20-4)23-11-9-16(3)10-12-23;/h5-8,15-16,22H,9-14H2,1-4H3,(H,20,21);1H. The van der Waals surface area contributed by atoms with Gasteiger partial charge < -0.3 is 10.2 Å². The van der Waals surface area contributed by atoms with Gasteiger partial charge in [-0.3, -0.25) is 4.99 Å². The van der Waals surface area contributed by atoms with Gasteiger partial charge in [-0.25, -0.2) is 13.1 Å². The molecule has 0 aromatic heterocycles. The Hall–Kier alpha value is -0.870. The maximum absolute atomic E-state index is 12.3. The number of piperidine rings is 1. The molecule has 6 nitrogen and oxygen atoms in total. The van der Waals surface area contributed by atoms with Gasteiger partial charge in [-0.1, -0.05) is 31.2 Å². The Labute approximate surface area is 181 Å². The fraction of sp³-hybridized carbons (Fsp3) is 0.632. The molecular weight excluding hydrogens is 475 g/mol. The number of benzene rings is 1. The van der Waals surface area contributed by atoms with Gasteiger partial charge in [-0.05, 0) is 43.7 Å². The molecule has 0 bridgehead atoms. The number of guanidine groups is 1. The Bertz CT molecular complexity index is 714. The highest BCUT2D eigenvalue weighted by Gasteiger charge is 2.19. The van der Waals surface area contributed by atoms with Crippen molar-refractivity contribution in [1.82, 2.24) is 14.9 Å². The largest absolute Gasteiger partial charge is 0.352 e. The predicted molar refractivity (Wildman–Crippen MR) is 123 cm³/mol. The molecule has 0 spiro atoms. The van der Waals surface area contributed by atoms with Crippen molar-refractivity contribution < 1.29 is 8.42 Å². The van der Waals surface area contributed by atoms with Crippen molar-refractivity contribution in [3.05, 3.63) is 35.4 Å². The first kappa shape index (κ1) is 24.2. The molecule has 0 saturated carbocycles. The van der Waals surface area contributed by atoms with Gasteiger partial charge in [0.05, 0.1) is 5.75 Å². The molecule has 1 heterocycles. The monoisotopic (exact) mass is 508 g/mol. The zero-order valence-electron chi connectivity index (χ0n) is 16.7. The van der Waals surface area contributed by atoms with E-state index in [2.05, 4.69) is 26.9 Å². The van der Waals surface area contributed by atoms with Crippen LogP contribution in [0.5, 0.6) is 0 Å². The third-order valence-corrected chi connectivity index (χ3v) is 6.13. The van der Waals surface area contributed by atoms with Crippen molar-refractivity contribution in [2.45, 2.75) is 52.0 Å².